The Morgan fingerprint density at radius 2 is 1.96 bits per heavy atom. The van der Waals surface area contributed by atoms with Crippen LogP contribution in [0.1, 0.15) is 17.4 Å². The topological polar surface area (TPSA) is 80.1 Å². The minimum absolute atomic E-state index is 0.525. The lowest BCUT2D eigenvalue weighted by atomic mass is 10.0. The quantitative estimate of drug-likeness (QED) is 0.784. The molecule has 0 spiro atoms. The fourth-order valence-electron chi connectivity index (χ4n) is 3.46. The zero-order chi connectivity index (χ0) is 19.4. The van der Waals surface area contributed by atoms with E-state index in [0.29, 0.717) is 30.2 Å². The van der Waals surface area contributed by atoms with Gasteiger partial charge in [0.25, 0.3) is 0 Å². The monoisotopic (exact) mass is 374 g/mol. The average molecular weight is 374 g/mol. The molecule has 0 unspecified atom stereocenters. The molecule has 1 aliphatic rings. The van der Waals surface area contributed by atoms with Crippen LogP contribution in [0.2, 0.25) is 0 Å². The van der Waals surface area contributed by atoms with Crippen LogP contribution in [0.25, 0.3) is 0 Å². The second-order valence-corrected chi connectivity index (χ2v) is 6.62. The molecule has 1 aromatic heterocycles. The fourth-order valence-corrected chi connectivity index (χ4v) is 3.46. The van der Waals surface area contributed by atoms with Gasteiger partial charge in [0, 0.05) is 57.3 Å². The summed E-state index contributed by atoms with van der Waals surface area (Å²) in [6, 6.07) is 4.52. The van der Waals surface area contributed by atoms with Gasteiger partial charge in [-0.1, -0.05) is 0 Å². The smallest absolute Gasteiger partial charge is 0.325 e. The van der Waals surface area contributed by atoms with Gasteiger partial charge >= 0.3 is 5.97 Å². The number of hydrogen-bond donors (Lipinski definition) is 1. The normalized spacial score (nSPS) is 16.9. The number of piperazine rings is 1. The molecule has 1 aromatic carbocycles. The van der Waals surface area contributed by atoms with Gasteiger partial charge < -0.3 is 19.1 Å². The summed E-state index contributed by atoms with van der Waals surface area (Å²) < 4.78 is 12.6. The highest BCUT2D eigenvalue weighted by molar-refractivity contribution is 5.77. The number of aryl methyl sites for hydroxylation is 1. The molecule has 0 radical (unpaired) electrons. The van der Waals surface area contributed by atoms with E-state index >= 15 is 0 Å². The lowest BCUT2D eigenvalue weighted by Gasteiger charge is -2.38. The van der Waals surface area contributed by atoms with Gasteiger partial charge in [-0.25, -0.2) is 4.98 Å². The number of hydrogen-bond acceptors (Lipinski definition) is 6. The van der Waals surface area contributed by atoms with Gasteiger partial charge in [-0.3, -0.25) is 14.6 Å². The van der Waals surface area contributed by atoms with E-state index in [2.05, 4.69) is 9.88 Å². The molecule has 1 aliphatic heterocycles. The molecule has 1 atom stereocenters. The van der Waals surface area contributed by atoms with Gasteiger partial charge in [0.2, 0.25) is 0 Å². The second-order valence-electron chi connectivity index (χ2n) is 6.62. The van der Waals surface area contributed by atoms with Crippen LogP contribution in [-0.2, 0) is 18.4 Å². The first-order valence-electron chi connectivity index (χ1n) is 8.90. The van der Waals surface area contributed by atoms with E-state index in [1.54, 1.807) is 38.6 Å². The molecule has 0 saturated carbocycles. The summed E-state index contributed by atoms with van der Waals surface area (Å²) in [5.74, 6) is 1.29. The van der Waals surface area contributed by atoms with E-state index in [4.69, 9.17) is 9.47 Å². The molecule has 0 aliphatic carbocycles. The minimum Gasteiger partial charge on any atom is -0.497 e. The Hall–Kier alpha value is -2.58. The molecule has 2 aromatic rings. The van der Waals surface area contributed by atoms with E-state index < -0.39 is 12.0 Å². The van der Waals surface area contributed by atoms with Crippen molar-refractivity contribution in [1.82, 2.24) is 19.4 Å². The third-order valence-corrected chi connectivity index (χ3v) is 5.03. The van der Waals surface area contributed by atoms with Gasteiger partial charge in [-0.2, -0.15) is 0 Å². The number of ether oxygens (including phenoxy) is 2. The van der Waals surface area contributed by atoms with Crippen LogP contribution in [0, 0.1) is 0 Å². The van der Waals surface area contributed by atoms with Crippen molar-refractivity contribution in [2.24, 2.45) is 7.05 Å². The highest BCUT2D eigenvalue weighted by Crippen LogP contribution is 2.33. The Morgan fingerprint density at radius 3 is 2.52 bits per heavy atom. The van der Waals surface area contributed by atoms with Gasteiger partial charge in [0.1, 0.15) is 23.4 Å². The fraction of sp³-hybridized carbons (Fsp3) is 0.474. The summed E-state index contributed by atoms with van der Waals surface area (Å²) in [5.41, 5.74) is 0.642. The number of methoxy groups -OCH3 is 2. The van der Waals surface area contributed by atoms with Gasteiger partial charge in [0.15, 0.2) is 0 Å². The molecule has 27 heavy (non-hydrogen) atoms. The first kappa shape index (κ1) is 19.2. The molecule has 0 bridgehead atoms. The number of nitrogens with zero attached hydrogens (tertiary/aromatic N) is 4. The lowest BCUT2D eigenvalue weighted by Crippen LogP contribution is -2.49. The summed E-state index contributed by atoms with van der Waals surface area (Å²) in [5, 5.41) is 9.88. The molecule has 0 amide bonds. The van der Waals surface area contributed by atoms with Crippen molar-refractivity contribution in [2.45, 2.75) is 12.6 Å². The van der Waals surface area contributed by atoms with E-state index in [1.807, 2.05) is 22.7 Å². The molecule has 3 rings (SSSR count). The maximum Gasteiger partial charge on any atom is 0.325 e. The third-order valence-electron chi connectivity index (χ3n) is 5.03. The van der Waals surface area contributed by atoms with Crippen LogP contribution in [0.5, 0.6) is 11.5 Å². The first-order valence-corrected chi connectivity index (χ1v) is 8.90. The molecule has 1 saturated heterocycles. The van der Waals surface area contributed by atoms with Crippen LogP contribution in [0.4, 0.5) is 0 Å². The van der Waals surface area contributed by atoms with E-state index in [1.165, 1.54) is 0 Å². The number of carbonyl (C=O) groups is 1. The third kappa shape index (κ3) is 4.23. The molecule has 146 valence electrons. The first-order chi connectivity index (χ1) is 13.0. The summed E-state index contributed by atoms with van der Waals surface area (Å²) in [7, 11) is 5.10. The van der Waals surface area contributed by atoms with Crippen molar-refractivity contribution in [1.29, 1.82) is 0 Å². The number of aliphatic carboxylic acids is 1. The molecule has 8 heteroatoms. The zero-order valence-electron chi connectivity index (χ0n) is 16.0. The van der Waals surface area contributed by atoms with E-state index in [-0.39, 0.29) is 0 Å². The molecular weight excluding hydrogens is 348 g/mol. The number of carboxylic acids is 1. The van der Waals surface area contributed by atoms with Crippen molar-refractivity contribution in [3.63, 3.8) is 0 Å². The number of aromatic nitrogens is 2. The van der Waals surface area contributed by atoms with Crippen molar-refractivity contribution >= 4 is 5.97 Å². The van der Waals surface area contributed by atoms with Crippen LogP contribution in [0.3, 0.4) is 0 Å². The molecular formula is C19H26N4O4. The Balaban J connectivity index is 1.72. The van der Waals surface area contributed by atoms with E-state index in [0.717, 1.165) is 25.5 Å². The minimum atomic E-state index is -0.879. The molecule has 1 fully saturated rings. The number of rotatable bonds is 7. The highest BCUT2D eigenvalue weighted by Gasteiger charge is 2.32. The van der Waals surface area contributed by atoms with Crippen molar-refractivity contribution < 1.29 is 19.4 Å². The van der Waals surface area contributed by atoms with Crippen LogP contribution >= 0.6 is 0 Å². The van der Waals surface area contributed by atoms with E-state index in [9.17, 15) is 9.90 Å². The zero-order valence-corrected chi connectivity index (χ0v) is 16.0. The van der Waals surface area contributed by atoms with Crippen LogP contribution in [-0.4, -0.2) is 70.8 Å². The SMILES string of the molecule is COc1ccc([C@H](C(=O)O)N2CCN(Cc3nccn3C)CC2)c(OC)c1. The molecule has 2 heterocycles. The van der Waals surface area contributed by atoms with Crippen LogP contribution in [0.15, 0.2) is 30.6 Å². The Labute approximate surface area is 158 Å². The average Bonchev–Trinajstić information content (AvgIpc) is 3.08. The van der Waals surface area contributed by atoms with Crippen molar-refractivity contribution in [3.8, 4) is 11.5 Å². The number of imidazole rings is 1. The highest BCUT2D eigenvalue weighted by atomic mass is 16.5. The number of carboxylic acid groups (broad SMARTS) is 1. The molecule has 8 nitrogen and oxygen atoms in total. The standard InChI is InChI=1S/C19H26N4O4/c1-21-7-6-20-17(21)13-22-8-10-23(11-9-22)18(19(24)25)15-5-4-14(26-2)12-16(15)27-3/h4-7,12,18H,8-11,13H2,1-3H3,(H,24,25)/t18-/m1/s1. The summed E-state index contributed by atoms with van der Waals surface area (Å²) in [4.78, 5) is 20.7. The maximum absolute atomic E-state index is 12.0. The Bertz CT molecular complexity index is 784. The second kappa shape index (κ2) is 8.41. The molecule has 1 N–H and O–H groups in total. The Kier molecular flexibility index (Phi) is 5.98. The van der Waals surface area contributed by atoms with Crippen LogP contribution < -0.4 is 9.47 Å². The summed E-state index contributed by atoms with van der Waals surface area (Å²) in [6.45, 7) is 3.66. The van der Waals surface area contributed by atoms with Gasteiger partial charge in [-0.15, -0.1) is 0 Å². The van der Waals surface area contributed by atoms with Crippen molar-refractivity contribution in [3.05, 3.63) is 42.0 Å². The number of benzene rings is 1. The lowest BCUT2D eigenvalue weighted by molar-refractivity contribution is -0.144. The predicted molar refractivity (Wildman–Crippen MR) is 100.0 cm³/mol. The largest absolute Gasteiger partial charge is 0.497 e. The van der Waals surface area contributed by atoms with Crippen molar-refractivity contribution in [2.75, 3.05) is 40.4 Å². The summed E-state index contributed by atoms with van der Waals surface area (Å²) in [6.07, 6.45) is 3.73. The Morgan fingerprint density at radius 1 is 1.22 bits per heavy atom. The summed E-state index contributed by atoms with van der Waals surface area (Å²) >= 11 is 0. The van der Waals surface area contributed by atoms with Gasteiger partial charge in [0.05, 0.1) is 20.8 Å². The van der Waals surface area contributed by atoms with Gasteiger partial charge in [-0.05, 0) is 12.1 Å². The maximum atomic E-state index is 12.0. The predicted octanol–water partition coefficient (Wildman–Crippen LogP) is 1.38.